The predicted molar refractivity (Wildman–Crippen MR) is 79.6 cm³/mol. The van der Waals surface area contributed by atoms with Gasteiger partial charge in [-0.05, 0) is 31.9 Å². The zero-order valence-corrected chi connectivity index (χ0v) is 13.2. The Kier molecular flexibility index (Phi) is 5.53. The number of pyridine rings is 1. The van der Waals surface area contributed by atoms with Crippen molar-refractivity contribution in [3.05, 3.63) is 35.5 Å². The van der Waals surface area contributed by atoms with Crippen molar-refractivity contribution in [3.8, 4) is 0 Å². The van der Waals surface area contributed by atoms with Gasteiger partial charge in [0.05, 0.1) is 0 Å². The highest BCUT2D eigenvalue weighted by Gasteiger charge is 2.39. The van der Waals surface area contributed by atoms with Crippen LogP contribution in [0.5, 0.6) is 0 Å². The quantitative estimate of drug-likeness (QED) is 0.899. The minimum absolute atomic E-state index is 0.208. The Morgan fingerprint density at radius 3 is 2.41 bits per heavy atom. The van der Waals surface area contributed by atoms with Crippen LogP contribution in [0, 0.1) is 6.92 Å². The summed E-state index contributed by atoms with van der Waals surface area (Å²) in [5.74, 6) is 0. The molecule has 0 saturated heterocycles. The second-order valence-corrected chi connectivity index (χ2v) is 6.29. The molecular weight excluding hydrogens is 317 g/mol. The van der Waals surface area contributed by atoms with Gasteiger partial charge >= 0.3 is 6.18 Å². The summed E-state index contributed by atoms with van der Waals surface area (Å²) in [7, 11) is -4.42. The normalized spacial score (nSPS) is 14.3. The molecule has 0 bridgehead atoms. The Balaban J connectivity index is 3.46. The van der Waals surface area contributed by atoms with Crippen LogP contribution < -0.4 is 4.72 Å². The van der Waals surface area contributed by atoms with Gasteiger partial charge in [-0.15, -0.1) is 0 Å². The topological polar surface area (TPSA) is 59.1 Å². The first-order valence-electron chi connectivity index (χ1n) is 6.38. The Hall–Kier alpha value is -1.67. The van der Waals surface area contributed by atoms with Crippen LogP contribution in [0.3, 0.4) is 0 Å². The summed E-state index contributed by atoms with van der Waals surface area (Å²) in [4.78, 5) is 3.80. The SMILES string of the molecule is C=Cc1c(C)cnc(S(=O)(=O)N[C@@H](C)C(F)(F)F)c1/C=C\C. The molecule has 0 aliphatic rings. The molecule has 0 spiro atoms. The number of nitrogens with one attached hydrogen (secondary N) is 1. The molecule has 1 rings (SSSR count). The van der Waals surface area contributed by atoms with Gasteiger partial charge < -0.3 is 0 Å². The van der Waals surface area contributed by atoms with Gasteiger partial charge in [0, 0.05) is 11.8 Å². The average molecular weight is 334 g/mol. The van der Waals surface area contributed by atoms with E-state index < -0.39 is 27.3 Å². The number of halogens is 3. The maximum atomic E-state index is 12.6. The molecule has 4 nitrogen and oxygen atoms in total. The number of sulfonamides is 1. The lowest BCUT2D eigenvalue weighted by Gasteiger charge is -2.18. The van der Waals surface area contributed by atoms with Crippen molar-refractivity contribution in [2.75, 3.05) is 0 Å². The molecule has 0 aliphatic carbocycles. The highest BCUT2D eigenvalue weighted by molar-refractivity contribution is 7.89. The lowest BCUT2D eigenvalue weighted by atomic mass is 10.1. The summed E-state index contributed by atoms with van der Waals surface area (Å²) in [6.07, 6.45) is 1.11. The second kappa shape index (κ2) is 6.62. The fourth-order valence-corrected chi connectivity index (χ4v) is 3.16. The first-order chi connectivity index (χ1) is 10.0. The summed E-state index contributed by atoms with van der Waals surface area (Å²) in [6, 6.07) is -2.22. The minimum Gasteiger partial charge on any atom is -0.243 e. The molecule has 122 valence electrons. The molecule has 0 fully saturated rings. The number of allylic oxidation sites excluding steroid dienone is 1. The first-order valence-corrected chi connectivity index (χ1v) is 7.86. The van der Waals surface area contributed by atoms with E-state index in [4.69, 9.17) is 0 Å². The van der Waals surface area contributed by atoms with E-state index in [0.717, 1.165) is 6.92 Å². The van der Waals surface area contributed by atoms with E-state index in [9.17, 15) is 21.6 Å². The molecule has 0 aromatic carbocycles. The van der Waals surface area contributed by atoms with E-state index >= 15 is 0 Å². The molecular formula is C14H17F3N2O2S. The fourth-order valence-electron chi connectivity index (χ4n) is 1.79. The summed E-state index contributed by atoms with van der Waals surface area (Å²) in [5.41, 5.74) is 1.39. The summed E-state index contributed by atoms with van der Waals surface area (Å²) < 4.78 is 63.8. The van der Waals surface area contributed by atoms with Gasteiger partial charge in [0.2, 0.25) is 0 Å². The van der Waals surface area contributed by atoms with E-state index in [1.54, 1.807) is 24.6 Å². The van der Waals surface area contributed by atoms with Gasteiger partial charge in [-0.2, -0.15) is 17.9 Å². The minimum atomic E-state index is -4.68. The molecule has 1 aromatic heterocycles. The third kappa shape index (κ3) is 3.95. The van der Waals surface area contributed by atoms with Crippen LogP contribution in [0.15, 0.2) is 23.9 Å². The number of rotatable bonds is 5. The standard InChI is InChI=1S/C14H17F3N2O2S/c1-5-7-12-11(6-2)9(3)8-18-13(12)22(20,21)19-10(4)14(15,16)17/h5-8,10,19H,2H2,1,3-4H3/b7-5-/t10-/m0/s1. The van der Waals surface area contributed by atoms with Crippen molar-refractivity contribution in [2.45, 2.75) is 38.0 Å². The zero-order chi connectivity index (χ0) is 17.1. The molecule has 1 N–H and O–H groups in total. The molecule has 0 aliphatic heterocycles. The molecule has 1 heterocycles. The Bertz CT molecular complexity index is 695. The van der Waals surface area contributed by atoms with Gasteiger partial charge in [-0.3, -0.25) is 0 Å². The lowest BCUT2D eigenvalue weighted by molar-refractivity contribution is -0.147. The molecule has 0 amide bonds. The van der Waals surface area contributed by atoms with Crippen molar-refractivity contribution in [2.24, 2.45) is 0 Å². The van der Waals surface area contributed by atoms with Crippen molar-refractivity contribution in [3.63, 3.8) is 0 Å². The highest BCUT2D eigenvalue weighted by Crippen LogP contribution is 2.26. The van der Waals surface area contributed by atoms with E-state index in [0.29, 0.717) is 11.1 Å². The lowest BCUT2D eigenvalue weighted by Crippen LogP contribution is -2.43. The number of alkyl halides is 3. The van der Waals surface area contributed by atoms with Crippen LogP contribution in [-0.2, 0) is 10.0 Å². The number of nitrogens with zero attached hydrogens (tertiary/aromatic N) is 1. The number of hydrogen-bond donors (Lipinski definition) is 1. The summed E-state index contributed by atoms with van der Waals surface area (Å²) >= 11 is 0. The third-order valence-corrected chi connectivity index (χ3v) is 4.43. The van der Waals surface area contributed by atoms with Gasteiger partial charge in [0.15, 0.2) is 5.03 Å². The monoisotopic (exact) mass is 334 g/mol. The van der Waals surface area contributed by atoms with Crippen molar-refractivity contribution < 1.29 is 21.6 Å². The number of aromatic nitrogens is 1. The molecule has 22 heavy (non-hydrogen) atoms. The van der Waals surface area contributed by atoms with E-state index in [-0.39, 0.29) is 5.56 Å². The maximum absolute atomic E-state index is 12.6. The summed E-state index contributed by atoms with van der Waals surface area (Å²) in [5, 5.41) is -0.456. The summed E-state index contributed by atoms with van der Waals surface area (Å²) in [6.45, 7) is 7.70. The molecule has 0 radical (unpaired) electrons. The van der Waals surface area contributed by atoms with E-state index in [1.807, 2.05) is 0 Å². The Morgan fingerprint density at radius 1 is 1.36 bits per heavy atom. The molecule has 1 atom stereocenters. The Labute approximate surface area is 127 Å². The highest BCUT2D eigenvalue weighted by atomic mass is 32.2. The van der Waals surface area contributed by atoms with Gasteiger partial charge in [-0.25, -0.2) is 13.4 Å². The van der Waals surface area contributed by atoms with Crippen molar-refractivity contribution in [1.29, 1.82) is 0 Å². The van der Waals surface area contributed by atoms with Crippen LogP contribution in [0.4, 0.5) is 13.2 Å². The van der Waals surface area contributed by atoms with Gasteiger partial charge in [-0.1, -0.05) is 24.8 Å². The third-order valence-electron chi connectivity index (χ3n) is 2.94. The van der Waals surface area contributed by atoms with Gasteiger partial charge in [0.25, 0.3) is 10.0 Å². The van der Waals surface area contributed by atoms with E-state index in [2.05, 4.69) is 11.6 Å². The fraction of sp³-hybridized carbons (Fsp3) is 0.357. The predicted octanol–water partition coefficient (Wildman–Crippen LogP) is 3.30. The average Bonchev–Trinajstić information content (AvgIpc) is 2.37. The Morgan fingerprint density at radius 2 is 1.95 bits per heavy atom. The van der Waals surface area contributed by atoms with Gasteiger partial charge in [0.1, 0.15) is 6.04 Å². The maximum Gasteiger partial charge on any atom is 0.404 e. The first kappa shape index (κ1) is 18.4. The van der Waals surface area contributed by atoms with E-state index in [1.165, 1.54) is 18.3 Å². The number of hydrogen-bond acceptors (Lipinski definition) is 3. The largest absolute Gasteiger partial charge is 0.404 e. The molecule has 0 saturated carbocycles. The van der Waals surface area contributed by atoms with Crippen LogP contribution in [-0.4, -0.2) is 25.6 Å². The number of aryl methyl sites for hydroxylation is 1. The van der Waals surface area contributed by atoms with Crippen molar-refractivity contribution >= 4 is 22.2 Å². The van der Waals surface area contributed by atoms with Crippen LogP contribution >= 0.6 is 0 Å². The van der Waals surface area contributed by atoms with Crippen molar-refractivity contribution in [1.82, 2.24) is 9.71 Å². The molecule has 0 unspecified atom stereocenters. The molecule has 1 aromatic rings. The van der Waals surface area contributed by atoms with Crippen LogP contribution in [0.1, 0.15) is 30.5 Å². The second-order valence-electron chi connectivity index (χ2n) is 4.66. The van der Waals surface area contributed by atoms with Crippen LogP contribution in [0.2, 0.25) is 0 Å². The smallest absolute Gasteiger partial charge is 0.243 e. The van der Waals surface area contributed by atoms with Crippen LogP contribution in [0.25, 0.3) is 12.2 Å². The zero-order valence-electron chi connectivity index (χ0n) is 12.4. The molecule has 8 heteroatoms.